The standard InChI is InChI=1S/C15H16F2N2O/c1-2-8-20-14-4-3-7-18-15(14)19-10-11-5-6-12(16)9-13(11)17/h3-7,9H,2,8,10H2,1H3,(H,18,19). The molecule has 0 amide bonds. The van der Waals surface area contributed by atoms with E-state index in [1.807, 2.05) is 6.92 Å². The maximum Gasteiger partial charge on any atom is 0.169 e. The van der Waals surface area contributed by atoms with Crippen LogP contribution in [0.15, 0.2) is 36.5 Å². The first-order chi connectivity index (χ1) is 9.70. The number of hydrogen-bond acceptors (Lipinski definition) is 3. The molecule has 0 radical (unpaired) electrons. The fraction of sp³-hybridized carbons (Fsp3) is 0.267. The number of nitrogens with zero attached hydrogens (tertiary/aromatic N) is 1. The van der Waals surface area contributed by atoms with Crippen molar-refractivity contribution in [2.24, 2.45) is 0 Å². The van der Waals surface area contributed by atoms with Crippen molar-refractivity contribution < 1.29 is 13.5 Å². The minimum absolute atomic E-state index is 0.214. The molecule has 0 bridgehead atoms. The van der Waals surface area contributed by atoms with Gasteiger partial charge in [-0.1, -0.05) is 13.0 Å². The first-order valence-corrected chi connectivity index (χ1v) is 6.46. The van der Waals surface area contributed by atoms with Crippen molar-refractivity contribution in [2.75, 3.05) is 11.9 Å². The quantitative estimate of drug-likeness (QED) is 0.873. The van der Waals surface area contributed by atoms with Gasteiger partial charge >= 0.3 is 0 Å². The number of ether oxygens (including phenoxy) is 1. The molecule has 0 aliphatic heterocycles. The van der Waals surface area contributed by atoms with Crippen LogP contribution in [0.5, 0.6) is 5.75 Å². The van der Waals surface area contributed by atoms with Crippen molar-refractivity contribution in [1.29, 1.82) is 0 Å². The van der Waals surface area contributed by atoms with Gasteiger partial charge in [0.25, 0.3) is 0 Å². The van der Waals surface area contributed by atoms with Gasteiger partial charge in [-0.2, -0.15) is 0 Å². The van der Waals surface area contributed by atoms with Crippen molar-refractivity contribution in [3.05, 3.63) is 53.7 Å². The van der Waals surface area contributed by atoms with Gasteiger partial charge < -0.3 is 10.1 Å². The van der Waals surface area contributed by atoms with E-state index >= 15 is 0 Å². The first kappa shape index (κ1) is 14.2. The van der Waals surface area contributed by atoms with Crippen molar-refractivity contribution in [2.45, 2.75) is 19.9 Å². The van der Waals surface area contributed by atoms with E-state index in [2.05, 4.69) is 10.3 Å². The Labute approximate surface area is 116 Å². The maximum absolute atomic E-state index is 13.5. The Morgan fingerprint density at radius 1 is 1.25 bits per heavy atom. The third-order valence-electron chi connectivity index (χ3n) is 2.69. The van der Waals surface area contributed by atoms with Gasteiger partial charge in [-0.25, -0.2) is 13.8 Å². The van der Waals surface area contributed by atoms with E-state index in [4.69, 9.17) is 4.74 Å². The SMILES string of the molecule is CCCOc1cccnc1NCc1ccc(F)cc1F. The Morgan fingerprint density at radius 2 is 2.10 bits per heavy atom. The number of benzene rings is 1. The Balaban J connectivity index is 2.06. The zero-order valence-electron chi connectivity index (χ0n) is 11.2. The second-order valence-electron chi connectivity index (χ2n) is 4.29. The molecule has 0 aliphatic rings. The Kier molecular flexibility index (Phi) is 4.87. The van der Waals surface area contributed by atoms with Gasteiger partial charge in [0.15, 0.2) is 11.6 Å². The zero-order chi connectivity index (χ0) is 14.4. The molecule has 2 rings (SSSR count). The van der Waals surface area contributed by atoms with Crippen LogP contribution in [0.2, 0.25) is 0 Å². The average Bonchev–Trinajstić information content (AvgIpc) is 2.45. The number of rotatable bonds is 6. The molecule has 0 unspecified atom stereocenters. The summed E-state index contributed by atoms with van der Waals surface area (Å²) >= 11 is 0. The lowest BCUT2D eigenvalue weighted by atomic mass is 10.2. The smallest absolute Gasteiger partial charge is 0.169 e. The predicted octanol–water partition coefficient (Wildman–Crippen LogP) is 3.76. The second kappa shape index (κ2) is 6.84. The molecule has 3 nitrogen and oxygen atoms in total. The molecule has 0 spiro atoms. The van der Waals surface area contributed by atoms with Gasteiger partial charge in [-0.3, -0.25) is 0 Å². The molecule has 0 saturated heterocycles. The predicted molar refractivity (Wildman–Crippen MR) is 73.7 cm³/mol. The van der Waals surface area contributed by atoms with Gasteiger partial charge in [-0.05, 0) is 24.6 Å². The summed E-state index contributed by atoms with van der Waals surface area (Å²) in [6.07, 6.45) is 2.52. The summed E-state index contributed by atoms with van der Waals surface area (Å²) in [5.74, 6) is 0.00190. The van der Waals surface area contributed by atoms with Crippen molar-refractivity contribution >= 4 is 5.82 Å². The molecular weight excluding hydrogens is 262 g/mol. The van der Waals surface area contributed by atoms with Crippen LogP contribution in [-0.4, -0.2) is 11.6 Å². The number of halogens is 2. The van der Waals surface area contributed by atoms with Crippen LogP contribution in [0.3, 0.4) is 0 Å². The minimum Gasteiger partial charge on any atom is -0.490 e. The molecule has 20 heavy (non-hydrogen) atoms. The lowest BCUT2D eigenvalue weighted by molar-refractivity contribution is 0.318. The van der Waals surface area contributed by atoms with E-state index in [0.29, 0.717) is 23.7 Å². The van der Waals surface area contributed by atoms with Crippen LogP contribution in [0, 0.1) is 11.6 Å². The highest BCUT2D eigenvalue weighted by molar-refractivity contribution is 5.49. The Bertz CT molecular complexity index is 576. The second-order valence-corrected chi connectivity index (χ2v) is 4.29. The highest BCUT2D eigenvalue weighted by atomic mass is 19.1. The molecule has 0 aliphatic carbocycles. The molecular formula is C15H16F2N2O. The van der Waals surface area contributed by atoms with Crippen molar-refractivity contribution in [3.63, 3.8) is 0 Å². The molecule has 106 valence electrons. The third kappa shape index (κ3) is 3.66. The van der Waals surface area contributed by atoms with Crippen LogP contribution in [0.25, 0.3) is 0 Å². The van der Waals surface area contributed by atoms with Gasteiger partial charge in [0.1, 0.15) is 11.6 Å². The Morgan fingerprint density at radius 3 is 2.85 bits per heavy atom. The Hall–Kier alpha value is -2.17. The van der Waals surface area contributed by atoms with E-state index in [1.165, 1.54) is 12.1 Å². The van der Waals surface area contributed by atoms with E-state index in [0.717, 1.165) is 12.5 Å². The van der Waals surface area contributed by atoms with Crippen LogP contribution in [-0.2, 0) is 6.54 Å². The molecule has 1 aromatic heterocycles. The van der Waals surface area contributed by atoms with E-state index in [-0.39, 0.29) is 6.54 Å². The van der Waals surface area contributed by atoms with Crippen LogP contribution >= 0.6 is 0 Å². The minimum atomic E-state index is -0.587. The normalized spacial score (nSPS) is 10.3. The van der Waals surface area contributed by atoms with Crippen molar-refractivity contribution in [3.8, 4) is 5.75 Å². The number of aromatic nitrogens is 1. The molecule has 0 saturated carbocycles. The average molecular weight is 278 g/mol. The fourth-order valence-corrected chi connectivity index (χ4v) is 1.70. The van der Waals surface area contributed by atoms with Crippen LogP contribution < -0.4 is 10.1 Å². The highest BCUT2D eigenvalue weighted by Crippen LogP contribution is 2.22. The van der Waals surface area contributed by atoms with Gasteiger partial charge in [0, 0.05) is 24.4 Å². The molecule has 1 heterocycles. The molecule has 5 heteroatoms. The monoisotopic (exact) mass is 278 g/mol. The lowest BCUT2D eigenvalue weighted by Crippen LogP contribution is -2.06. The van der Waals surface area contributed by atoms with Gasteiger partial charge in [0.2, 0.25) is 0 Å². The fourth-order valence-electron chi connectivity index (χ4n) is 1.70. The largest absolute Gasteiger partial charge is 0.490 e. The number of pyridine rings is 1. The van der Waals surface area contributed by atoms with E-state index in [1.54, 1.807) is 18.3 Å². The van der Waals surface area contributed by atoms with Gasteiger partial charge in [-0.15, -0.1) is 0 Å². The van der Waals surface area contributed by atoms with E-state index in [9.17, 15) is 8.78 Å². The maximum atomic E-state index is 13.5. The van der Waals surface area contributed by atoms with Gasteiger partial charge in [0.05, 0.1) is 6.61 Å². The summed E-state index contributed by atoms with van der Waals surface area (Å²) in [7, 11) is 0. The van der Waals surface area contributed by atoms with Crippen molar-refractivity contribution in [1.82, 2.24) is 4.98 Å². The summed E-state index contributed by atoms with van der Waals surface area (Å²) in [6, 6.07) is 7.07. The number of anilines is 1. The number of hydrogen-bond donors (Lipinski definition) is 1. The van der Waals surface area contributed by atoms with Crippen LogP contribution in [0.1, 0.15) is 18.9 Å². The molecule has 1 N–H and O–H groups in total. The van der Waals surface area contributed by atoms with Crippen LogP contribution in [0.4, 0.5) is 14.6 Å². The first-order valence-electron chi connectivity index (χ1n) is 6.46. The summed E-state index contributed by atoms with van der Waals surface area (Å²) in [6.45, 7) is 2.81. The molecule has 0 atom stereocenters. The van der Waals surface area contributed by atoms with E-state index < -0.39 is 11.6 Å². The molecule has 2 aromatic rings. The molecule has 1 aromatic carbocycles. The summed E-state index contributed by atoms with van der Waals surface area (Å²) in [4.78, 5) is 4.16. The summed E-state index contributed by atoms with van der Waals surface area (Å²) < 4.78 is 31.9. The topological polar surface area (TPSA) is 34.1 Å². The third-order valence-corrected chi connectivity index (χ3v) is 2.69. The summed E-state index contributed by atoms with van der Waals surface area (Å²) in [5.41, 5.74) is 0.374. The summed E-state index contributed by atoms with van der Waals surface area (Å²) in [5, 5.41) is 3.00. The molecule has 0 fully saturated rings. The number of nitrogens with one attached hydrogen (secondary N) is 1. The highest BCUT2D eigenvalue weighted by Gasteiger charge is 2.07. The lowest BCUT2D eigenvalue weighted by Gasteiger charge is -2.12. The zero-order valence-corrected chi connectivity index (χ0v) is 11.2.